The van der Waals surface area contributed by atoms with E-state index >= 15 is 0 Å². The van der Waals surface area contributed by atoms with Crippen LogP contribution in [0, 0.1) is 11.8 Å². The lowest BCUT2D eigenvalue weighted by Crippen LogP contribution is -2.45. The fraction of sp³-hybridized carbons (Fsp3) is 0.824. The number of aliphatic hydroxyl groups is 1. The molecule has 2 rings (SSSR count). The number of hydrogen-bond acceptors (Lipinski definition) is 3. The van der Waals surface area contributed by atoms with Crippen LogP contribution in [0.25, 0.3) is 0 Å². The van der Waals surface area contributed by atoms with E-state index in [2.05, 4.69) is 24.8 Å². The average molecular weight is 294 g/mol. The molecule has 0 bridgehead atoms. The molecular weight excluding hydrogens is 264 g/mol. The molecule has 1 amide bonds. The third-order valence-corrected chi connectivity index (χ3v) is 5.09. The van der Waals surface area contributed by atoms with Gasteiger partial charge in [-0.05, 0) is 51.5 Å². The van der Waals surface area contributed by atoms with Crippen molar-refractivity contribution >= 4 is 5.91 Å². The lowest BCUT2D eigenvalue weighted by molar-refractivity contribution is -0.134. The van der Waals surface area contributed by atoms with Crippen molar-refractivity contribution in [1.82, 2.24) is 9.80 Å². The first-order valence-corrected chi connectivity index (χ1v) is 8.28. The topological polar surface area (TPSA) is 43.8 Å². The van der Waals surface area contributed by atoms with Crippen LogP contribution >= 0.6 is 0 Å². The first kappa shape index (κ1) is 16.5. The predicted molar refractivity (Wildman–Crippen MR) is 85.0 cm³/mol. The van der Waals surface area contributed by atoms with Gasteiger partial charge < -0.3 is 10.0 Å². The molecule has 0 aromatic heterocycles. The van der Waals surface area contributed by atoms with Crippen molar-refractivity contribution in [3.05, 3.63) is 11.6 Å². The maximum Gasteiger partial charge on any atom is 0.236 e. The van der Waals surface area contributed by atoms with Crippen molar-refractivity contribution in [2.75, 3.05) is 33.2 Å². The monoisotopic (exact) mass is 294 g/mol. The van der Waals surface area contributed by atoms with E-state index in [1.807, 2.05) is 11.9 Å². The summed E-state index contributed by atoms with van der Waals surface area (Å²) in [5.41, 5.74) is 1.48. The summed E-state index contributed by atoms with van der Waals surface area (Å²) in [6.45, 7) is 7.41. The summed E-state index contributed by atoms with van der Waals surface area (Å²) in [5, 5.41) is 9.51. The summed E-state index contributed by atoms with van der Waals surface area (Å²) < 4.78 is 0. The molecule has 1 aliphatic carbocycles. The van der Waals surface area contributed by atoms with Crippen LogP contribution in [0.1, 0.15) is 39.5 Å². The summed E-state index contributed by atoms with van der Waals surface area (Å²) >= 11 is 0. The zero-order valence-corrected chi connectivity index (χ0v) is 13.7. The number of rotatable bonds is 4. The van der Waals surface area contributed by atoms with E-state index in [9.17, 15) is 9.90 Å². The van der Waals surface area contributed by atoms with Crippen LogP contribution in [0.5, 0.6) is 0 Å². The molecule has 0 unspecified atom stereocenters. The highest BCUT2D eigenvalue weighted by Crippen LogP contribution is 2.30. The van der Waals surface area contributed by atoms with Gasteiger partial charge in [-0.15, -0.1) is 0 Å². The minimum Gasteiger partial charge on any atom is -0.393 e. The number of likely N-dealkylation sites (N-methyl/N-ethyl adjacent to an activating group) is 1. The quantitative estimate of drug-likeness (QED) is 0.805. The maximum atomic E-state index is 12.3. The second kappa shape index (κ2) is 7.41. The third-order valence-electron chi connectivity index (χ3n) is 5.09. The highest BCUT2D eigenvalue weighted by molar-refractivity contribution is 5.78. The van der Waals surface area contributed by atoms with E-state index in [1.165, 1.54) is 18.4 Å². The van der Waals surface area contributed by atoms with E-state index in [0.29, 0.717) is 31.5 Å². The molecule has 0 aromatic carbocycles. The van der Waals surface area contributed by atoms with Crippen LogP contribution in [0.3, 0.4) is 0 Å². The highest BCUT2D eigenvalue weighted by Gasteiger charge is 2.26. The second-order valence-corrected chi connectivity index (χ2v) is 6.92. The molecule has 120 valence electrons. The van der Waals surface area contributed by atoms with Gasteiger partial charge >= 0.3 is 0 Å². The van der Waals surface area contributed by atoms with Gasteiger partial charge in [0.15, 0.2) is 0 Å². The van der Waals surface area contributed by atoms with Crippen molar-refractivity contribution in [3.8, 4) is 0 Å². The zero-order valence-electron chi connectivity index (χ0n) is 13.7. The Labute approximate surface area is 128 Å². The Morgan fingerprint density at radius 2 is 2.05 bits per heavy atom. The minimum atomic E-state index is -0.220. The molecular formula is C17H30N2O2. The predicted octanol–water partition coefficient (Wildman–Crippen LogP) is 1.89. The van der Waals surface area contributed by atoms with E-state index in [-0.39, 0.29) is 12.0 Å². The molecule has 0 aromatic rings. The van der Waals surface area contributed by atoms with Crippen molar-refractivity contribution in [2.24, 2.45) is 11.8 Å². The number of carbonyl (C=O) groups is 1. The highest BCUT2D eigenvalue weighted by atomic mass is 16.3. The van der Waals surface area contributed by atoms with E-state index in [0.717, 1.165) is 19.4 Å². The molecule has 1 heterocycles. The molecule has 2 aliphatic rings. The summed E-state index contributed by atoms with van der Waals surface area (Å²) in [5.74, 6) is 1.49. The number of carbonyl (C=O) groups excluding carboxylic acids is 1. The number of aliphatic hydroxyl groups excluding tert-OH is 1. The fourth-order valence-electron chi connectivity index (χ4n) is 3.55. The van der Waals surface area contributed by atoms with Crippen LogP contribution in [-0.4, -0.2) is 60.1 Å². The molecule has 0 saturated carbocycles. The van der Waals surface area contributed by atoms with E-state index in [4.69, 9.17) is 0 Å². The van der Waals surface area contributed by atoms with Gasteiger partial charge in [-0.25, -0.2) is 0 Å². The normalized spacial score (nSPS) is 27.9. The Kier molecular flexibility index (Phi) is 5.82. The molecule has 1 saturated heterocycles. The van der Waals surface area contributed by atoms with Crippen molar-refractivity contribution in [3.63, 3.8) is 0 Å². The maximum absolute atomic E-state index is 12.3. The molecule has 4 nitrogen and oxygen atoms in total. The summed E-state index contributed by atoms with van der Waals surface area (Å²) in [6, 6.07) is 0. The van der Waals surface area contributed by atoms with Gasteiger partial charge in [0, 0.05) is 19.6 Å². The Hall–Kier alpha value is -0.870. The van der Waals surface area contributed by atoms with Crippen LogP contribution in [0.15, 0.2) is 11.6 Å². The Morgan fingerprint density at radius 3 is 2.67 bits per heavy atom. The van der Waals surface area contributed by atoms with Crippen molar-refractivity contribution in [2.45, 2.75) is 45.6 Å². The first-order valence-electron chi connectivity index (χ1n) is 8.28. The van der Waals surface area contributed by atoms with Gasteiger partial charge in [-0.3, -0.25) is 9.69 Å². The number of likely N-dealkylation sites (tertiary alicyclic amines) is 1. The lowest BCUT2D eigenvalue weighted by atomic mass is 9.80. The summed E-state index contributed by atoms with van der Waals surface area (Å²) in [4.78, 5) is 16.4. The molecule has 21 heavy (non-hydrogen) atoms. The molecule has 0 spiro atoms. The average Bonchev–Trinajstić information content (AvgIpc) is 2.43. The van der Waals surface area contributed by atoms with Crippen molar-refractivity contribution in [1.29, 1.82) is 0 Å². The molecule has 1 N–H and O–H groups in total. The first-order chi connectivity index (χ1) is 9.97. The van der Waals surface area contributed by atoms with E-state index in [1.54, 1.807) is 0 Å². The number of nitrogens with zero attached hydrogens (tertiary/aromatic N) is 2. The van der Waals surface area contributed by atoms with Gasteiger partial charge in [0.1, 0.15) is 0 Å². The van der Waals surface area contributed by atoms with Gasteiger partial charge in [-0.2, -0.15) is 0 Å². The largest absolute Gasteiger partial charge is 0.393 e. The molecule has 0 radical (unpaired) electrons. The zero-order chi connectivity index (χ0) is 15.4. The number of hydrogen-bond donors (Lipinski definition) is 1. The van der Waals surface area contributed by atoms with E-state index < -0.39 is 0 Å². The second-order valence-electron chi connectivity index (χ2n) is 6.92. The number of amides is 1. The fourth-order valence-corrected chi connectivity index (χ4v) is 3.55. The summed E-state index contributed by atoms with van der Waals surface area (Å²) in [7, 11) is 2.05. The number of allylic oxidation sites excluding steroid dienone is 1. The Balaban J connectivity index is 1.81. The number of piperidine rings is 1. The van der Waals surface area contributed by atoms with Crippen molar-refractivity contribution < 1.29 is 9.90 Å². The molecule has 2 atom stereocenters. The summed E-state index contributed by atoms with van der Waals surface area (Å²) in [6.07, 6.45) is 6.03. The minimum absolute atomic E-state index is 0.203. The standard InChI is InChI=1S/C17H30N2O2/c1-13-5-4-6-14(2)16(13)11-18(3)12-17(21)19-9-7-15(20)8-10-19/h5,14-16,20H,4,6-12H2,1-3H3/t14-,16+/m0/s1. The van der Waals surface area contributed by atoms with Crippen LogP contribution in [0.2, 0.25) is 0 Å². The van der Waals surface area contributed by atoms with Crippen LogP contribution < -0.4 is 0 Å². The third kappa shape index (κ3) is 4.55. The Bertz CT molecular complexity index is 386. The molecule has 1 fully saturated rings. The van der Waals surface area contributed by atoms with Gasteiger partial charge in [-0.1, -0.05) is 18.6 Å². The van der Waals surface area contributed by atoms with Crippen LogP contribution in [-0.2, 0) is 4.79 Å². The SMILES string of the molecule is CC1=CCC[C@H](C)[C@@H]1CN(C)CC(=O)N1CCC(O)CC1. The van der Waals surface area contributed by atoms with Gasteiger partial charge in [0.05, 0.1) is 12.6 Å². The molecule has 1 aliphatic heterocycles. The van der Waals surface area contributed by atoms with Gasteiger partial charge in [0.25, 0.3) is 0 Å². The van der Waals surface area contributed by atoms with Gasteiger partial charge in [0.2, 0.25) is 5.91 Å². The Morgan fingerprint density at radius 1 is 1.38 bits per heavy atom. The smallest absolute Gasteiger partial charge is 0.236 e. The lowest BCUT2D eigenvalue weighted by Gasteiger charge is -2.34. The van der Waals surface area contributed by atoms with Crippen LogP contribution in [0.4, 0.5) is 0 Å². The molecule has 4 heteroatoms.